The molecule has 0 aromatic carbocycles. The van der Waals surface area contributed by atoms with E-state index in [2.05, 4.69) is 15.2 Å². The SMILES string of the molecule is CCNC(=NCCS(N)(=O)=O)N1CCC(N(CC2CC2)C(=O)OC(C)(C)C)CC1. The van der Waals surface area contributed by atoms with Crippen LogP contribution in [-0.4, -0.2) is 80.4 Å². The average Bonchev–Trinajstić information content (AvgIpc) is 3.41. The topological polar surface area (TPSA) is 117 Å². The first-order valence-electron chi connectivity index (χ1n) is 10.5. The van der Waals surface area contributed by atoms with Crippen molar-refractivity contribution < 1.29 is 17.9 Å². The summed E-state index contributed by atoms with van der Waals surface area (Å²) in [6, 6.07) is 0.147. The van der Waals surface area contributed by atoms with Crippen LogP contribution < -0.4 is 10.5 Å². The molecule has 0 radical (unpaired) electrons. The third-order valence-corrected chi connectivity index (χ3v) is 5.71. The zero-order valence-electron chi connectivity index (χ0n) is 18.2. The van der Waals surface area contributed by atoms with Gasteiger partial charge in [0.15, 0.2) is 5.96 Å². The summed E-state index contributed by atoms with van der Waals surface area (Å²) in [6.45, 7) is 10.7. The first-order chi connectivity index (χ1) is 13.5. The van der Waals surface area contributed by atoms with E-state index in [-0.39, 0.29) is 24.4 Å². The summed E-state index contributed by atoms with van der Waals surface area (Å²) in [5.41, 5.74) is -0.506. The van der Waals surface area contributed by atoms with Crippen LogP contribution >= 0.6 is 0 Å². The van der Waals surface area contributed by atoms with E-state index < -0.39 is 15.6 Å². The number of aliphatic imine (C=N–C) groups is 1. The molecule has 2 fully saturated rings. The monoisotopic (exact) mass is 431 g/mol. The van der Waals surface area contributed by atoms with Gasteiger partial charge in [-0.3, -0.25) is 4.99 Å². The van der Waals surface area contributed by atoms with Crippen LogP contribution in [0.15, 0.2) is 4.99 Å². The zero-order valence-corrected chi connectivity index (χ0v) is 19.0. The van der Waals surface area contributed by atoms with Crippen LogP contribution in [0, 0.1) is 5.92 Å². The van der Waals surface area contributed by atoms with Gasteiger partial charge in [-0.05, 0) is 59.3 Å². The molecule has 1 aliphatic heterocycles. The highest BCUT2D eigenvalue weighted by Gasteiger charge is 2.35. The molecule has 29 heavy (non-hydrogen) atoms. The molecular formula is C19H37N5O4S. The molecule has 0 aromatic heterocycles. The van der Waals surface area contributed by atoms with Gasteiger partial charge < -0.3 is 19.9 Å². The zero-order chi connectivity index (χ0) is 21.7. The van der Waals surface area contributed by atoms with Crippen molar-refractivity contribution in [1.29, 1.82) is 0 Å². The summed E-state index contributed by atoms with van der Waals surface area (Å²) in [5, 5.41) is 8.28. The molecule has 0 spiro atoms. The predicted octanol–water partition coefficient (Wildman–Crippen LogP) is 1.35. The summed E-state index contributed by atoms with van der Waals surface area (Å²) < 4.78 is 27.9. The van der Waals surface area contributed by atoms with Gasteiger partial charge >= 0.3 is 6.09 Å². The first kappa shape index (κ1) is 23.7. The van der Waals surface area contributed by atoms with Crippen molar-refractivity contribution in [2.24, 2.45) is 16.0 Å². The van der Waals surface area contributed by atoms with Crippen molar-refractivity contribution in [1.82, 2.24) is 15.1 Å². The number of amides is 1. The maximum atomic E-state index is 12.8. The Morgan fingerprint density at radius 2 is 1.86 bits per heavy atom. The largest absolute Gasteiger partial charge is 0.444 e. The molecule has 1 amide bonds. The molecule has 0 bridgehead atoms. The molecule has 0 aromatic rings. The quantitative estimate of drug-likeness (QED) is 0.464. The van der Waals surface area contributed by atoms with Crippen LogP contribution in [0.4, 0.5) is 4.79 Å². The fourth-order valence-electron chi connectivity index (χ4n) is 3.37. The molecule has 1 saturated heterocycles. The second-order valence-electron chi connectivity index (χ2n) is 8.90. The number of rotatable bonds is 7. The van der Waals surface area contributed by atoms with Gasteiger partial charge in [0.1, 0.15) is 5.60 Å². The minimum Gasteiger partial charge on any atom is -0.444 e. The number of carbonyl (C=O) groups excluding carboxylic acids is 1. The molecular weight excluding hydrogens is 394 g/mol. The van der Waals surface area contributed by atoms with Gasteiger partial charge in [-0.25, -0.2) is 18.4 Å². The Kier molecular flexibility index (Phi) is 8.16. The minimum absolute atomic E-state index is 0.132. The summed E-state index contributed by atoms with van der Waals surface area (Å²) in [7, 11) is -3.53. The molecule has 1 heterocycles. The normalized spacial score (nSPS) is 19.2. The molecule has 2 rings (SSSR count). The standard InChI is InChI=1S/C19H37N5O4S/c1-5-21-17(22-10-13-29(20,26)27)23-11-8-16(9-12-23)24(14-15-6-7-15)18(25)28-19(2,3)4/h15-16H,5-14H2,1-4H3,(H,21,22)(H2,20,26,27). The molecule has 3 N–H and O–H groups in total. The van der Waals surface area contributed by atoms with Crippen molar-refractivity contribution in [3.63, 3.8) is 0 Å². The third kappa shape index (κ3) is 8.77. The molecule has 0 unspecified atom stereocenters. The Balaban J connectivity index is 1.97. The Morgan fingerprint density at radius 3 is 2.34 bits per heavy atom. The van der Waals surface area contributed by atoms with Gasteiger partial charge in [-0.2, -0.15) is 0 Å². The summed E-state index contributed by atoms with van der Waals surface area (Å²) >= 11 is 0. The number of hydrogen-bond donors (Lipinski definition) is 2. The lowest BCUT2D eigenvalue weighted by molar-refractivity contribution is 0.00928. The lowest BCUT2D eigenvalue weighted by atomic mass is 10.0. The fraction of sp³-hybridized carbons (Fsp3) is 0.895. The smallest absolute Gasteiger partial charge is 0.410 e. The number of sulfonamides is 1. The van der Waals surface area contributed by atoms with Crippen LogP contribution in [0.1, 0.15) is 53.4 Å². The van der Waals surface area contributed by atoms with E-state index in [1.54, 1.807) is 0 Å². The number of piperidine rings is 1. The van der Waals surface area contributed by atoms with E-state index >= 15 is 0 Å². The van der Waals surface area contributed by atoms with Gasteiger partial charge in [-0.15, -0.1) is 0 Å². The van der Waals surface area contributed by atoms with E-state index in [4.69, 9.17) is 9.88 Å². The van der Waals surface area contributed by atoms with Crippen molar-refractivity contribution in [3.05, 3.63) is 0 Å². The number of ether oxygens (including phenoxy) is 1. The van der Waals surface area contributed by atoms with Crippen LogP contribution in [-0.2, 0) is 14.8 Å². The molecule has 168 valence electrons. The highest BCUT2D eigenvalue weighted by atomic mass is 32.2. The number of guanidine groups is 1. The van der Waals surface area contributed by atoms with Crippen molar-refractivity contribution in [3.8, 4) is 0 Å². The van der Waals surface area contributed by atoms with E-state index in [9.17, 15) is 13.2 Å². The maximum Gasteiger partial charge on any atom is 0.410 e. The van der Waals surface area contributed by atoms with Crippen LogP contribution in [0.25, 0.3) is 0 Å². The van der Waals surface area contributed by atoms with Crippen molar-refractivity contribution in [2.75, 3.05) is 38.5 Å². The number of nitrogens with one attached hydrogen (secondary N) is 1. The molecule has 1 aliphatic carbocycles. The van der Waals surface area contributed by atoms with Crippen LogP contribution in [0.5, 0.6) is 0 Å². The van der Waals surface area contributed by atoms with Crippen molar-refractivity contribution in [2.45, 2.75) is 65.0 Å². The van der Waals surface area contributed by atoms with Crippen LogP contribution in [0.3, 0.4) is 0 Å². The molecule has 0 atom stereocenters. The first-order valence-corrected chi connectivity index (χ1v) is 12.2. The van der Waals surface area contributed by atoms with E-state index in [0.29, 0.717) is 18.4 Å². The van der Waals surface area contributed by atoms with Gasteiger partial charge in [-0.1, -0.05) is 0 Å². The van der Waals surface area contributed by atoms with Gasteiger partial charge in [0.25, 0.3) is 0 Å². The number of primary sulfonamides is 1. The molecule has 10 heteroatoms. The summed E-state index contributed by atoms with van der Waals surface area (Å²) in [5.74, 6) is 1.12. The van der Waals surface area contributed by atoms with Gasteiger partial charge in [0, 0.05) is 32.2 Å². The average molecular weight is 432 g/mol. The summed E-state index contributed by atoms with van der Waals surface area (Å²) in [6.07, 6.45) is 3.78. The number of likely N-dealkylation sites (tertiary alicyclic amines) is 1. The Hall–Kier alpha value is -1.55. The predicted molar refractivity (Wildman–Crippen MR) is 114 cm³/mol. The minimum atomic E-state index is -3.53. The lowest BCUT2D eigenvalue weighted by Crippen LogP contribution is -2.52. The van der Waals surface area contributed by atoms with Crippen molar-refractivity contribution >= 4 is 22.1 Å². The second-order valence-corrected chi connectivity index (χ2v) is 10.6. The Bertz CT molecular complexity index is 677. The fourth-order valence-corrected chi connectivity index (χ4v) is 3.71. The lowest BCUT2D eigenvalue weighted by Gasteiger charge is -2.40. The number of carbonyl (C=O) groups is 1. The molecule has 2 aliphatic rings. The number of hydrogen-bond acceptors (Lipinski definition) is 5. The van der Waals surface area contributed by atoms with E-state index in [0.717, 1.165) is 32.5 Å². The van der Waals surface area contributed by atoms with Gasteiger partial charge in [0.05, 0.1) is 12.3 Å². The highest BCUT2D eigenvalue weighted by Crippen LogP contribution is 2.32. The number of nitrogens with two attached hydrogens (primary N) is 1. The Labute approximate surface area is 175 Å². The second kappa shape index (κ2) is 9.97. The van der Waals surface area contributed by atoms with Crippen LogP contribution in [0.2, 0.25) is 0 Å². The van der Waals surface area contributed by atoms with Gasteiger partial charge in [0.2, 0.25) is 10.0 Å². The maximum absolute atomic E-state index is 12.8. The molecule has 9 nitrogen and oxygen atoms in total. The summed E-state index contributed by atoms with van der Waals surface area (Å²) in [4.78, 5) is 21.2. The number of nitrogens with zero attached hydrogens (tertiary/aromatic N) is 3. The van der Waals surface area contributed by atoms with E-state index in [1.807, 2.05) is 32.6 Å². The highest BCUT2D eigenvalue weighted by molar-refractivity contribution is 7.89. The third-order valence-electron chi connectivity index (χ3n) is 4.96. The Morgan fingerprint density at radius 1 is 1.24 bits per heavy atom. The molecule has 1 saturated carbocycles. The van der Waals surface area contributed by atoms with E-state index in [1.165, 1.54) is 12.8 Å².